The Morgan fingerprint density at radius 2 is 1.84 bits per heavy atom. The SMILES string of the molecule is CN(C(=O)c1cccc(NC(=O)c2cccs2)c1)C1CCCCCC1. The quantitative estimate of drug-likeness (QED) is 0.800. The minimum absolute atomic E-state index is 0.0270. The summed E-state index contributed by atoms with van der Waals surface area (Å²) in [6.07, 6.45) is 7.08. The molecule has 1 heterocycles. The van der Waals surface area contributed by atoms with Crippen molar-refractivity contribution in [3.8, 4) is 0 Å². The van der Waals surface area contributed by atoms with Gasteiger partial charge in [-0.1, -0.05) is 37.8 Å². The molecule has 0 saturated heterocycles. The van der Waals surface area contributed by atoms with Crippen molar-refractivity contribution >= 4 is 28.8 Å². The van der Waals surface area contributed by atoms with Gasteiger partial charge < -0.3 is 10.2 Å². The van der Waals surface area contributed by atoms with Crippen molar-refractivity contribution in [3.63, 3.8) is 0 Å². The molecule has 1 saturated carbocycles. The van der Waals surface area contributed by atoms with E-state index in [4.69, 9.17) is 0 Å². The van der Waals surface area contributed by atoms with Crippen molar-refractivity contribution in [1.29, 1.82) is 0 Å². The minimum atomic E-state index is -0.142. The number of carbonyl (C=O) groups is 2. The van der Waals surface area contributed by atoms with Gasteiger partial charge in [-0.2, -0.15) is 0 Å². The van der Waals surface area contributed by atoms with Gasteiger partial charge in [0.15, 0.2) is 0 Å². The second-order valence-electron chi connectivity index (χ2n) is 6.57. The fourth-order valence-corrected chi connectivity index (χ4v) is 3.96. The van der Waals surface area contributed by atoms with Gasteiger partial charge in [0.25, 0.3) is 11.8 Å². The lowest BCUT2D eigenvalue weighted by molar-refractivity contribution is 0.0717. The fraction of sp³-hybridized carbons (Fsp3) is 0.400. The molecule has 0 radical (unpaired) electrons. The number of thiophene rings is 1. The molecule has 1 fully saturated rings. The monoisotopic (exact) mass is 356 g/mol. The normalized spacial score (nSPS) is 15.4. The van der Waals surface area contributed by atoms with Crippen LogP contribution in [0.5, 0.6) is 0 Å². The number of hydrogen-bond acceptors (Lipinski definition) is 3. The average molecular weight is 356 g/mol. The molecule has 0 bridgehead atoms. The molecule has 5 heteroatoms. The van der Waals surface area contributed by atoms with E-state index in [1.54, 1.807) is 12.1 Å². The van der Waals surface area contributed by atoms with E-state index in [-0.39, 0.29) is 11.8 Å². The van der Waals surface area contributed by atoms with Crippen molar-refractivity contribution in [2.24, 2.45) is 0 Å². The molecule has 4 nitrogen and oxygen atoms in total. The van der Waals surface area contributed by atoms with Crippen LogP contribution in [0.1, 0.15) is 58.6 Å². The van der Waals surface area contributed by atoms with Crippen molar-refractivity contribution in [1.82, 2.24) is 4.90 Å². The number of rotatable bonds is 4. The number of benzene rings is 1. The van der Waals surface area contributed by atoms with Gasteiger partial charge in [0.05, 0.1) is 4.88 Å². The molecule has 0 atom stereocenters. The second kappa shape index (κ2) is 8.30. The molecule has 3 rings (SSSR count). The molecular formula is C20H24N2O2S. The third kappa shape index (κ3) is 4.48. The smallest absolute Gasteiger partial charge is 0.265 e. The van der Waals surface area contributed by atoms with E-state index in [1.165, 1.54) is 37.0 Å². The van der Waals surface area contributed by atoms with E-state index in [9.17, 15) is 9.59 Å². The largest absolute Gasteiger partial charge is 0.339 e. The zero-order valence-electron chi connectivity index (χ0n) is 14.5. The summed E-state index contributed by atoms with van der Waals surface area (Å²) in [6.45, 7) is 0. The highest BCUT2D eigenvalue weighted by Gasteiger charge is 2.22. The Labute approximate surface area is 152 Å². The van der Waals surface area contributed by atoms with Crippen LogP contribution in [0.3, 0.4) is 0 Å². The van der Waals surface area contributed by atoms with Gasteiger partial charge in [-0.25, -0.2) is 0 Å². The number of carbonyl (C=O) groups excluding carboxylic acids is 2. The third-order valence-electron chi connectivity index (χ3n) is 4.81. The zero-order valence-corrected chi connectivity index (χ0v) is 15.3. The molecule has 2 aromatic rings. The van der Waals surface area contributed by atoms with Crippen LogP contribution in [0.15, 0.2) is 41.8 Å². The molecule has 2 amide bonds. The highest BCUT2D eigenvalue weighted by Crippen LogP contribution is 2.23. The number of hydrogen-bond donors (Lipinski definition) is 1. The molecule has 1 aromatic heterocycles. The highest BCUT2D eigenvalue weighted by molar-refractivity contribution is 7.12. The predicted octanol–water partition coefficient (Wildman–Crippen LogP) is 4.80. The summed E-state index contributed by atoms with van der Waals surface area (Å²) in [4.78, 5) is 27.6. The number of amides is 2. The van der Waals surface area contributed by atoms with Gasteiger partial charge in [-0.05, 0) is 42.5 Å². The van der Waals surface area contributed by atoms with Crippen LogP contribution in [0.2, 0.25) is 0 Å². The first-order valence-corrected chi connectivity index (χ1v) is 9.75. The minimum Gasteiger partial charge on any atom is -0.339 e. The van der Waals surface area contributed by atoms with Crippen LogP contribution in [0.25, 0.3) is 0 Å². The first-order chi connectivity index (χ1) is 12.1. The molecule has 1 aliphatic carbocycles. The second-order valence-corrected chi connectivity index (χ2v) is 7.52. The first kappa shape index (κ1) is 17.7. The van der Waals surface area contributed by atoms with Crippen molar-refractivity contribution < 1.29 is 9.59 Å². The van der Waals surface area contributed by atoms with Gasteiger partial charge in [0.2, 0.25) is 0 Å². The van der Waals surface area contributed by atoms with Crippen LogP contribution in [-0.2, 0) is 0 Å². The zero-order chi connectivity index (χ0) is 17.6. The predicted molar refractivity (Wildman–Crippen MR) is 102 cm³/mol. The molecule has 1 aromatic carbocycles. The molecule has 1 aliphatic rings. The van der Waals surface area contributed by atoms with Crippen LogP contribution >= 0.6 is 11.3 Å². The van der Waals surface area contributed by atoms with Crippen molar-refractivity contribution in [3.05, 3.63) is 52.2 Å². The number of nitrogens with zero attached hydrogens (tertiary/aromatic N) is 1. The molecular weight excluding hydrogens is 332 g/mol. The van der Waals surface area contributed by atoms with Crippen LogP contribution in [0, 0.1) is 0 Å². The van der Waals surface area contributed by atoms with Crippen molar-refractivity contribution in [2.75, 3.05) is 12.4 Å². The lowest BCUT2D eigenvalue weighted by Gasteiger charge is -2.27. The third-order valence-corrected chi connectivity index (χ3v) is 5.67. The van der Waals surface area contributed by atoms with Gasteiger partial charge in [0.1, 0.15) is 0 Å². The van der Waals surface area contributed by atoms with E-state index in [1.807, 2.05) is 41.6 Å². The van der Waals surface area contributed by atoms with Crippen LogP contribution in [-0.4, -0.2) is 29.8 Å². The van der Waals surface area contributed by atoms with E-state index >= 15 is 0 Å². The number of anilines is 1. The molecule has 0 aliphatic heterocycles. The molecule has 1 N–H and O–H groups in total. The molecule has 0 spiro atoms. The lowest BCUT2D eigenvalue weighted by atomic mass is 10.1. The molecule has 0 unspecified atom stereocenters. The van der Waals surface area contributed by atoms with Gasteiger partial charge in [0, 0.05) is 24.3 Å². The summed E-state index contributed by atoms with van der Waals surface area (Å²) in [6, 6.07) is 11.2. The summed E-state index contributed by atoms with van der Waals surface area (Å²) in [5, 5.41) is 4.74. The van der Waals surface area contributed by atoms with E-state index in [2.05, 4.69) is 5.32 Å². The van der Waals surface area contributed by atoms with Crippen LogP contribution in [0.4, 0.5) is 5.69 Å². The summed E-state index contributed by atoms with van der Waals surface area (Å²) >= 11 is 1.40. The maximum absolute atomic E-state index is 12.8. The van der Waals surface area contributed by atoms with E-state index < -0.39 is 0 Å². The topological polar surface area (TPSA) is 49.4 Å². The Hall–Kier alpha value is -2.14. The summed E-state index contributed by atoms with van der Waals surface area (Å²) in [5.74, 6) is -0.115. The summed E-state index contributed by atoms with van der Waals surface area (Å²) in [5.41, 5.74) is 1.27. The summed E-state index contributed by atoms with van der Waals surface area (Å²) < 4.78 is 0. The Morgan fingerprint density at radius 3 is 2.52 bits per heavy atom. The van der Waals surface area contributed by atoms with Gasteiger partial charge >= 0.3 is 0 Å². The Kier molecular flexibility index (Phi) is 5.87. The van der Waals surface area contributed by atoms with E-state index in [0.717, 1.165) is 12.8 Å². The van der Waals surface area contributed by atoms with Gasteiger partial charge in [-0.15, -0.1) is 11.3 Å². The van der Waals surface area contributed by atoms with Crippen molar-refractivity contribution in [2.45, 2.75) is 44.6 Å². The fourth-order valence-electron chi connectivity index (χ4n) is 3.35. The number of nitrogens with one attached hydrogen (secondary N) is 1. The van der Waals surface area contributed by atoms with Crippen LogP contribution < -0.4 is 5.32 Å². The Morgan fingerprint density at radius 1 is 1.08 bits per heavy atom. The summed E-state index contributed by atoms with van der Waals surface area (Å²) in [7, 11) is 1.90. The Bertz CT molecular complexity index is 719. The standard InChI is InChI=1S/C20H24N2O2S/c1-22(17-10-4-2-3-5-11-17)20(24)15-8-6-9-16(14-15)21-19(23)18-12-7-13-25-18/h6-9,12-14,17H,2-5,10-11H2,1H3,(H,21,23). The molecule has 132 valence electrons. The first-order valence-electron chi connectivity index (χ1n) is 8.87. The highest BCUT2D eigenvalue weighted by atomic mass is 32.1. The maximum atomic E-state index is 12.8. The maximum Gasteiger partial charge on any atom is 0.265 e. The average Bonchev–Trinajstić information content (AvgIpc) is 3.04. The van der Waals surface area contributed by atoms with E-state index in [0.29, 0.717) is 22.2 Å². The Balaban J connectivity index is 1.69. The molecule has 25 heavy (non-hydrogen) atoms. The lowest BCUT2D eigenvalue weighted by Crippen LogP contribution is -2.36. The van der Waals surface area contributed by atoms with Gasteiger partial charge in [-0.3, -0.25) is 9.59 Å².